The van der Waals surface area contributed by atoms with Crippen molar-refractivity contribution in [3.8, 4) is 0 Å². The summed E-state index contributed by atoms with van der Waals surface area (Å²) in [5.74, 6) is 0.612. The Morgan fingerprint density at radius 1 is 1.19 bits per heavy atom. The maximum absolute atomic E-state index is 12.6. The van der Waals surface area contributed by atoms with Crippen LogP contribution in [0.1, 0.15) is 24.5 Å². The third-order valence-corrected chi connectivity index (χ3v) is 5.42. The summed E-state index contributed by atoms with van der Waals surface area (Å²) in [6, 6.07) is 8.39. The normalized spacial score (nSPS) is 23.5. The molecule has 3 rings (SSSR count). The molecule has 0 radical (unpaired) electrons. The number of ether oxygens (including phenoxy) is 1. The maximum atomic E-state index is 12.6. The fourth-order valence-corrected chi connectivity index (χ4v) is 4.05. The molecule has 2 atom stereocenters. The van der Waals surface area contributed by atoms with Gasteiger partial charge in [-0.25, -0.2) is 0 Å². The predicted molar refractivity (Wildman–Crippen MR) is 127 cm³/mol. The number of morpholine rings is 1. The molecule has 0 spiro atoms. The van der Waals surface area contributed by atoms with E-state index in [0.717, 1.165) is 31.8 Å². The minimum absolute atomic E-state index is 0. The molecule has 2 aliphatic heterocycles. The number of guanidine groups is 1. The molecular formula is C21H33F3IN5O. The molecule has 2 N–H and O–H groups in total. The molecule has 2 heterocycles. The van der Waals surface area contributed by atoms with E-state index >= 15 is 0 Å². The third kappa shape index (κ3) is 9.11. The molecular weight excluding hydrogens is 522 g/mol. The Balaban J connectivity index is 0.00000341. The molecule has 2 saturated heterocycles. The van der Waals surface area contributed by atoms with Gasteiger partial charge >= 0.3 is 6.18 Å². The number of nitrogens with zero attached hydrogens (tertiary/aromatic N) is 3. The van der Waals surface area contributed by atoms with E-state index < -0.39 is 12.7 Å². The number of aliphatic imine (C=N–C) groups is 1. The molecule has 1 aromatic rings. The number of nitrogens with one attached hydrogen (secondary N) is 2. The van der Waals surface area contributed by atoms with Crippen LogP contribution in [0.5, 0.6) is 0 Å². The molecule has 0 bridgehead atoms. The smallest absolute Gasteiger partial charge is 0.376 e. The number of hydrogen-bond donors (Lipinski definition) is 2. The van der Waals surface area contributed by atoms with Crippen LogP contribution in [0.3, 0.4) is 0 Å². The van der Waals surface area contributed by atoms with E-state index in [-0.39, 0.29) is 36.1 Å². The van der Waals surface area contributed by atoms with Crippen molar-refractivity contribution >= 4 is 29.9 Å². The molecule has 2 aliphatic rings. The van der Waals surface area contributed by atoms with E-state index in [2.05, 4.69) is 51.7 Å². The van der Waals surface area contributed by atoms with Crippen LogP contribution in [-0.2, 0) is 17.8 Å². The Labute approximate surface area is 199 Å². The first kappa shape index (κ1) is 26.1. The molecule has 0 saturated carbocycles. The minimum atomic E-state index is -4.15. The van der Waals surface area contributed by atoms with Crippen molar-refractivity contribution in [1.82, 2.24) is 20.4 Å². The van der Waals surface area contributed by atoms with Crippen LogP contribution in [0, 0.1) is 0 Å². The van der Waals surface area contributed by atoms with Crippen LogP contribution in [0.25, 0.3) is 0 Å². The van der Waals surface area contributed by atoms with E-state index in [1.54, 1.807) is 7.05 Å². The van der Waals surface area contributed by atoms with Crippen LogP contribution in [0.2, 0.25) is 0 Å². The fraction of sp³-hybridized carbons (Fsp3) is 0.667. The van der Waals surface area contributed by atoms with Crippen molar-refractivity contribution < 1.29 is 17.9 Å². The number of rotatable bonds is 6. The van der Waals surface area contributed by atoms with E-state index in [1.807, 2.05) is 0 Å². The Morgan fingerprint density at radius 2 is 1.97 bits per heavy atom. The second-order valence-electron chi connectivity index (χ2n) is 8.14. The Morgan fingerprint density at radius 3 is 2.68 bits per heavy atom. The second-order valence-corrected chi connectivity index (χ2v) is 8.14. The molecule has 0 amide bonds. The van der Waals surface area contributed by atoms with E-state index in [0.29, 0.717) is 32.0 Å². The van der Waals surface area contributed by atoms with Gasteiger partial charge in [0.1, 0.15) is 0 Å². The van der Waals surface area contributed by atoms with Crippen molar-refractivity contribution in [2.24, 2.45) is 4.99 Å². The summed E-state index contributed by atoms with van der Waals surface area (Å²) in [5, 5.41) is 6.52. The van der Waals surface area contributed by atoms with Crippen molar-refractivity contribution in [3.05, 3.63) is 35.4 Å². The van der Waals surface area contributed by atoms with Gasteiger partial charge in [0.25, 0.3) is 0 Å². The lowest BCUT2D eigenvalue weighted by Crippen LogP contribution is -2.44. The van der Waals surface area contributed by atoms with Crippen molar-refractivity contribution in [2.75, 3.05) is 46.4 Å². The largest absolute Gasteiger partial charge is 0.401 e. The van der Waals surface area contributed by atoms with Gasteiger partial charge in [0.2, 0.25) is 0 Å². The molecule has 2 unspecified atom stereocenters. The molecule has 0 aromatic heterocycles. The first-order valence-corrected chi connectivity index (χ1v) is 10.5. The van der Waals surface area contributed by atoms with Crippen LogP contribution in [0.15, 0.2) is 29.3 Å². The highest BCUT2D eigenvalue weighted by atomic mass is 127. The van der Waals surface area contributed by atoms with Gasteiger partial charge in [-0.05, 0) is 24.5 Å². The summed E-state index contributed by atoms with van der Waals surface area (Å²) < 4.78 is 43.3. The van der Waals surface area contributed by atoms with Gasteiger partial charge < -0.3 is 15.4 Å². The van der Waals surface area contributed by atoms with Crippen molar-refractivity contribution in [1.29, 1.82) is 0 Å². The second kappa shape index (κ2) is 12.2. The predicted octanol–water partition coefficient (Wildman–Crippen LogP) is 2.83. The molecule has 1 aromatic carbocycles. The number of hydrogen-bond acceptors (Lipinski definition) is 4. The summed E-state index contributed by atoms with van der Waals surface area (Å²) in [6.45, 7) is 6.19. The molecule has 2 fully saturated rings. The summed E-state index contributed by atoms with van der Waals surface area (Å²) in [6.07, 6.45) is -3.22. The maximum Gasteiger partial charge on any atom is 0.401 e. The standard InChI is InChI=1S/C21H32F3N5O.HI/c1-16-12-28(8-9-30-16)13-18-5-3-4-17(10-18)11-26-20(25-2)27-19-6-7-29(14-19)15-21(22,23)24;/h3-5,10,16,19H,6-9,11-15H2,1-2H3,(H2,25,26,27);1H. The summed E-state index contributed by atoms with van der Waals surface area (Å²) in [5.41, 5.74) is 2.40. The summed E-state index contributed by atoms with van der Waals surface area (Å²) >= 11 is 0. The van der Waals surface area contributed by atoms with Gasteiger partial charge in [0.15, 0.2) is 5.96 Å². The van der Waals surface area contributed by atoms with Crippen molar-refractivity contribution in [3.63, 3.8) is 0 Å². The molecule has 10 heteroatoms. The molecule has 176 valence electrons. The van der Waals surface area contributed by atoms with Crippen molar-refractivity contribution in [2.45, 2.75) is 44.8 Å². The quantitative estimate of drug-likeness (QED) is 0.322. The SMILES string of the molecule is CN=C(NCc1cccc(CN2CCOC(C)C2)c1)NC1CCN(CC(F)(F)F)C1.I. The zero-order valence-corrected chi connectivity index (χ0v) is 20.5. The highest BCUT2D eigenvalue weighted by Crippen LogP contribution is 2.20. The lowest BCUT2D eigenvalue weighted by molar-refractivity contribution is -0.143. The Bertz CT molecular complexity index is 719. The zero-order valence-electron chi connectivity index (χ0n) is 18.1. The molecule has 0 aliphatic carbocycles. The zero-order chi connectivity index (χ0) is 21.6. The van der Waals surface area contributed by atoms with Gasteiger partial charge in [-0.1, -0.05) is 24.3 Å². The number of likely N-dealkylation sites (tertiary alicyclic amines) is 1. The number of halogens is 4. The number of alkyl halides is 3. The average molecular weight is 555 g/mol. The van der Waals surface area contributed by atoms with Crippen LogP contribution >= 0.6 is 24.0 Å². The van der Waals surface area contributed by atoms with E-state index in [1.165, 1.54) is 10.5 Å². The van der Waals surface area contributed by atoms with Gasteiger partial charge in [0.05, 0.1) is 19.3 Å². The summed E-state index contributed by atoms with van der Waals surface area (Å²) in [4.78, 5) is 8.05. The van der Waals surface area contributed by atoms with Gasteiger partial charge in [-0.2, -0.15) is 13.2 Å². The average Bonchev–Trinajstić information content (AvgIpc) is 3.10. The van der Waals surface area contributed by atoms with Crippen LogP contribution in [0.4, 0.5) is 13.2 Å². The van der Waals surface area contributed by atoms with E-state index in [4.69, 9.17) is 4.74 Å². The van der Waals surface area contributed by atoms with Gasteiger partial charge in [-0.15, -0.1) is 24.0 Å². The third-order valence-electron chi connectivity index (χ3n) is 5.42. The Hall–Kier alpha value is -1.11. The lowest BCUT2D eigenvalue weighted by Gasteiger charge is -2.31. The number of benzene rings is 1. The molecule has 31 heavy (non-hydrogen) atoms. The summed E-state index contributed by atoms with van der Waals surface area (Å²) in [7, 11) is 1.67. The van der Waals surface area contributed by atoms with Crippen LogP contribution in [-0.4, -0.2) is 80.5 Å². The van der Waals surface area contributed by atoms with Crippen LogP contribution < -0.4 is 10.6 Å². The van der Waals surface area contributed by atoms with Gasteiger partial charge in [-0.3, -0.25) is 14.8 Å². The monoisotopic (exact) mass is 555 g/mol. The van der Waals surface area contributed by atoms with E-state index in [9.17, 15) is 13.2 Å². The first-order valence-electron chi connectivity index (χ1n) is 10.5. The fourth-order valence-electron chi connectivity index (χ4n) is 4.05. The topological polar surface area (TPSA) is 52.1 Å². The molecule has 6 nitrogen and oxygen atoms in total. The lowest BCUT2D eigenvalue weighted by atomic mass is 10.1. The first-order chi connectivity index (χ1) is 14.3. The highest BCUT2D eigenvalue weighted by molar-refractivity contribution is 14.0. The van der Waals surface area contributed by atoms with Gasteiger partial charge in [0, 0.05) is 52.4 Å². The Kier molecular flexibility index (Phi) is 10.3. The highest BCUT2D eigenvalue weighted by Gasteiger charge is 2.34. The minimum Gasteiger partial charge on any atom is -0.376 e.